The Balaban J connectivity index is 1.89. The minimum atomic E-state index is -0.701. The number of hydrogen-bond acceptors (Lipinski definition) is 3. The number of hydrogen-bond donors (Lipinski definition) is 3. The molecule has 0 spiro atoms. The van der Waals surface area contributed by atoms with E-state index in [1.165, 1.54) is 18.2 Å². The fourth-order valence-corrected chi connectivity index (χ4v) is 3.76. The normalized spacial score (nSPS) is 16.0. The third kappa shape index (κ3) is 2.38. The lowest BCUT2D eigenvalue weighted by molar-refractivity contribution is -0.115. The maximum Gasteiger partial charge on any atom is 0.245 e. The summed E-state index contributed by atoms with van der Waals surface area (Å²) in [5.41, 5.74) is 2.70. The van der Waals surface area contributed by atoms with Crippen LogP contribution in [0.3, 0.4) is 0 Å². The van der Waals surface area contributed by atoms with E-state index >= 15 is 0 Å². The van der Waals surface area contributed by atoms with Gasteiger partial charge in [0.25, 0.3) is 0 Å². The van der Waals surface area contributed by atoms with Crippen LogP contribution in [-0.2, 0) is 4.79 Å². The molecule has 132 valence electrons. The predicted octanol–water partition coefficient (Wildman–Crippen LogP) is 2.79. The molecule has 5 nitrogen and oxygen atoms in total. The molecule has 0 aromatic heterocycles. The zero-order valence-corrected chi connectivity index (χ0v) is 14.0. The van der Waals surface area contributed by atoms with Gasteiger partial charge in [-0.1, -0.05) is 30.3 Å². The average Bonchev–Trinajstić information content (AvgIpc) is 3.04. The largest absolute Gasteiger partial charge is 0.508 e. The Morgan fingerprint density at radius 2 is 1.96 bits per heavy atom. The summed E-state index contributed by atoms with van der Waals surface area (Å²) in [6, 6.07) is 13.0. The van der Waals surface area contributed by atoms with Crippen molar-refractivity contribution in [1.82, 2.24) is 15.5 Å². The lowest BCUT2D eigenvalue weighted by Gasteiger charge is -2.23. The van der Waals surface area contributed by atoms with Gasteiger partial charge in [0.05, 0.1) is 11.7 Å². The molecule has 2 heterocycles. The first-order chi connectivity index (χ1) is 13.1. The SMILES string of the molecule is O=C1C=c2c(c[nH]nc3ccc4cccc2c4-3)[C@@H](c2ccc(O)cc2F)N1. The molecule has 1 atom stereocenters. The van der Waals surface area contributed by atoms with Crippen LogP contribution < -0.4 is 10.5 Å². The number of halogens is 1. The van der Waals surface area contributed by atoms with Gasteiger partial charge in [-0.05, 0) is 28.1 Å². The topological polar surface area (TPSA) is 78.0 Å². The first-order valence-corrected chi connectivity index (χ1v) is 8.48. The van der Waals surface area contributed by atoms with Crippen molar-refractivity contribution in [3.8, 4) is 17.0 Å². The molecule has 1 amide bonds. The number of aromatic hydroxyl groups is 1. The van der Waals surface area contributed by atoms with Crippen LogP contribution in [0, 0.1) is 5.82 Å². The van der Waals surface area contributed by atoms with Crippen molar-refractivity contribution in [1.29, 1.82) is 0 Å². The van der Waals surface area contributed by atoms with E-state index in [0.29, 0.717) is 5.56 Å². The van der Waals surface area contributed by atoms with E-state index in [2.05, 4.69) is 15.5 Å². The summed E-state index contributed by atoms with van der Waals surface area (Å²) in [7, 11) is 0. The monoisotopic (exact) mass is 359 g/mol. The predicted molar refractivity (Wildman–Crippen MR) is 99.3 cm³/mol. The van der Waals surface area contributed by atoms with Crippen LogP contribution >= 0.6 is 0 Å². The van der Waals surface area contributed by atoms with Gasteiger partial charge in [-0.15, -0.1) is 0 Å². The van der Waals surface area contributed by atoms with Gasteiger partial charge in [-0.2, -0.15) is 5.10 Å². The summed E-state index contributed by atoms with van der Waals surface area (Å²) in [5, 5.41) is 22.2. The second kappa shape index (κ2) is 5.67. The number of phenols is 1. The van der Waals surface area contributed by atoms with Gasteiger partial charge >= 0.3 is 0 Å². The number of carbonyl (C=O) groups excluding carboxylic acids is 1. The van der Waals surface area contributed by atoms with Crippen molar-refractivity contribution in [3.05, 3.63) is 76.9 Å². The fraction of sp³-hybridized carbons (Fsp3) is 0.0476. The number of aromatic amines is 1. The van der Waals surface area contributed by atoms with E-state index in [4.69, 9.17) is 0 Å². The number of nitrogens with zero attached hydrogens (tertiary/aromatic N) is 1. The molecule has 0 fully saturated rings. The number of nitrogens with one attached hydrogen (secondary N) is 2. The van der Waals surface area contributed by atoms with Crippen LogP contribution in [0.4, 0.5) is 4.39 Å². The summed E-state index contributed by atoms with van der Waals surface area (Å²) in [6.45, 7) is 0. The van der Waals surface area contributed by atoms with Gasteiger partial charge in [-0.3, -0.25) is 9.89 Å². The highest BCUT2D eigenvalue weighted by Crippen LogP contribution is 2.32. The quantitative estimate of drug-likeness (QED) is 0.489. The van der Waals surface area contributed by atoms with E-state index < -0.39 is 11.9 Å². The van der Waals surface area contributed by atoms with Gasteiger partial charge < -0.3 is 10.4 Å². The third-order valence-corrected chi connectivity index (χ3v) is 4.95. The van der Waals surface area contributed by atoms with Crippen molar-refractivity contribution in [3.63, 3.8) is 0 Å². The Morgan fingerprint density at radius 1 is 1.07 bits per heavy atom. The number of carbonyl (C=O) groups is 1. The summed E-state index contributed by atoms with van der Waals surface area (Å²) >= 11 is 0. The molecular weight excluding hydrogens is 345 g/mol. The minimum Gasteiger partial charge on any atom is -0.508 e. The first-order valence-electron chi connectivity index (χ1n) is 8.48. The van der Waals surface area contributed by atoms with Crippen molar-refractivity contribution >= 4 is 22.8 Å². The molecular formula is C21H14FN3O2. The lowest BCUT2D eigenvalue weighted by Crippen LogP contribution is -2.37. The van der Waals surface area contributed by atoms with Gasteiger partial charge in [0, 0.05) is 35.0 Å². The van der Waals surface area contributed by atoms with Crippen LogP contribution in [-0.4, -0.2) is 21.2 Å². The number of rotatable bonds is 1. The van der Waals surface area contributed by atoms with Gasteiger partial charge in [0.2, 0.25) is 5.91 Å². The highest BCUT2D eigenvalue weighted by Gasteiger charge is 2.25. The molecule has 2 aliphatic heterocycles. The highest BCUT2D eigenvalue weighted by molar-refractivity contribution is 6.08. The highest BCUT2D eigenvalue weighted by atomic mass is 19.1. The van der Waals surface area contributed by atoms with E-state index in [-0.39, 0.29) is 17.2 Å². The van der Waals surface area contributed by atoms with Gasteiger partial charge in [-0.25, -0.2) is 4.39 Å². The molecule has 0 saturated heterocycles. The first kappa shape index (κ1) is 15.6. The maximum absolute atomic E-state index is 14.5. The lowest BCUT2D eigenvalue weighted by atomic mass is 9.92. The van der Waals surface area contributed by atoms with E-state index in [9.17, 15) is 14.3 Å². The van der Waals surface area contributed by atoms with E-state index in [0.717, 1.165) is 33.3 Å². The summed E-state index contributed by atoms with van der Waals surface area (Å²) in [6.07, 6.45) is 3.20. The zero-order chi connectivity index (χ0) is 18.5. The molecule has 0 bridgehead atoms. The number of H-pyrrole nitrogens is 1. The number of aromatic nitrogens is 2. The molecule has 1 aliphatic carbocycles. The molecule has 2 aromatic rings. The zero-order valence-electron chi connectivity index (χ0n) is 14.0. The summed E-state index contributed by atoms with van der Waals surface area (Å²) in [5.74, 6) is -1.06. The van der Waals surface area contributed by atoms with E-state index in [1.54, 1.807) is 6.20 Å². The average molecular weight is 359 g/mol. The Bertz CT molecular complexity index is 1260. The molecule has 27 heavy (non-hydrogen) atoms. The second-order valence-electron chi connectivity index (χ2n) is 6.53. The summed E-state index contributed by atoms with van der Waals surface area (Å²) in [4.78, 5) is 12.4. The molecule has 0 unspecified atom stereocenters. The van der Waals surface area contributed by atoms with Crippen molar-refractivity contribution < 1.29 is 14.3 Å². The Labute approximate surface area is 153 Å². The molecule has 0 saturated carbocycles. The smallest absolute Gasteiger partial charge is 0.245 e. The van der Waals surface area contributed by atoms with Crippen molar-refractivity contribution in [2.45, 2.75) is 6.04 Å². The standard InChI is InChI=1S/C21H14FN3O2/c22-17-8-12(26)5-6-14(17)21-16-10-23-25-18-7-4-11-2-1-3-13(20(11)18)15(16)9-19(27)24-21/h1-10,21,23,26H,(H,24,27)/t21-/m1/s1. The van der Waals surface area contributed by atoms with Crippen LogP contribution in [0.1, 0.15) is 17.2 Å². The van der Waals surface area contributed by atoms with Crippen molar-refractivity contribution in [2.24, 2.45) is 0 Å². The van der Waals surface area contributed by atoms with Crippen molar-refractivity contribution in [2.75, 3.05) is 0 Å². The van der Waals surface area contributed by atoms with Crippen LogP contribution in [0.25, 0.3) is 28.1 Å². The Morgan fingerprint density at radius 3 is 2.81 bits per heavy atom. The number of phenolic OH excluding ortho intramolecular Hbond substituents is 1. The fourth-order valence-electron chi connectivity index (χ4n) is 3.76. The maximum atomic E-state index is 14.5. The molecule has 6 heteroatoms. The molecule has 5 rings (SSSR count). The molecule has 2 aromatic carbocycles. The number of amides is 1. The molecule has 3 N–H and O–H groups in total. The van der Waals surface area contributed by atoms with Crippen LogP contribution in [0.15, 0.2) is 54.7 Å². The van der Waals surface area contributed by atoms with Gasteiger partial charge in [0.1, 0.15) is 11.6 Å². The van der Waals surface area contributed by atoms with Crippen LogP contribution in [0.5, 0.6) is 5.75 Å². The van der Waals surface area contributed by atoms with E-state index in [1.807, 2.05) is 30.3 Å². The van der Waals surface area contributed by atoms with Crippen LogP contribution in [0.2, 0.25) is 0 Å². The molecule has 0 radical (unpaired) electrons. The summed E-state index contributed by atoms with van der Waals surface area (Å²) < 4.78 is 14.5. The number of benzene rings is 2. The Kier molecular flexibility index (Phi) is 3.27. The third-order valence-electron chi connectivity index (χ3n) is 4.95. The molecule has 3 aliphatic rings. The Hall–Kier alpha value is -3.67. The second-order valence-corrected chi connectivity index (χ2v) is 6.53. The number of fused-ring (bicyclic) bond motifs is 2. The van der Waals surface area contributed by atoms with Gasteiger partial charge in [0.15, 0.2) is 0 Å². The minimum absolute atomic E-state index is 0.167.